The molecule has 8 heteroatoms. The molecule has 0 unspecified atom stereocenters. The van der Waals surface area contributed by atoms with Crippen molar-refractivity contribution < 1.29 is 9.53 Å². The zero-order valence-corrected chi connectivity index (χ0v) is 14.4. The highest BCUT2D eigenvalue weighted by atomic mass is 35.5. The number of nitrogens with one attached hydrogen (secondary N) is 2. The molecule has 1 saturated heterocycles. The molecule has 1 amide bonds. The predicted octanol–water partition coefficient (Wildman–Crippen LogP) is 1.72. The average molecular weight is 369 g/mol. The van der Waals surface area contributed by atoms with E-state index in [4.69, 9.17) is 16.3 Å². The molecule has 2 N–H and O–H groups in total. The summed E-state index contributed by atoms with van der Waals surface area (Å²) < 4.78 is 5.57. The first-order valence-corrected chi connectivity index (χ1v) is 7.25. The lowest BCUT2D eigenvalue weighted by Gasteiger charge is -2.31. The van der Waals surface area contributed by atoms with Crippen molar-refractivity contribution in [2.45, 2.75) is 0 Å². The van der Waals surface area contributed by atoms with Crippen molar-refractivity contribution in [3.63, 3.8) is 0 Å². The summed E-state index contributed by atoms with van der Waals surface area (Å²) in [6, 6.07) is 5.49. The molecule has 0 spiro atoms. The summed E-state index contributed by atoms with van der Waals surface area (Å²) in [5.74, 6) is 1.41. The van der Waals surface area contributed by atoms with Crippen molar-refractivity contribution in [3.05, 3.63) is 23.2 Å². The first-order chi connectivity index (χ1) is 9.72. The Morgan fingerprint density at radius 1 is 1.41 bits per heavy atom. The van der Waals surface area contributed by atoms with Crippen LogP contribution in [0.1, 0.15) is 0 Å². The molecule has 0 saturated carbocycles. The molecule has 2 aliphatic rings. The fourth-order valence-corrected chi connectivity index (χ4v) is 2.56. The number of hydrogen-bond donors (Lipinski definition) is 2. The third kappa shape index (κ3) is 4.56. The van der Waals surface area contributed by atoms with Crippen LogP contribution >= 0.6 is 36.4 Å². The fraction of sp³-hybridized carbons (Fsp3) is 0.500. The molecule has 2 heterocycles. The first-order valence-electron chi connectivity index (χ1n) is 6.87. The van der Waals surface area contributed by atoms with Crippen LogP contribution in [0.15, 0.2) is 18.2 Å². The van der Waals surface area contributed by atoms with Gasteiger partial charge in [0.2, 0.25) is 5.91 Å². The highest BCUT2D eigenvalue weighted by Gasteiger charge is 2.22. The molecular weight excluding hydrogens is 349 g/mol. The van der Waals surface area contributed by atoms with Gasteiger partial charge in [0.05, 0.1) is 18.8 Å². The summed E-state index contributed by atoms with van der Waals surface area (Å²) in [4.78, 5) is 14.0. The van der Waals surface area contributed by atoms with Gasteiger partial charge in [-0.2, -0.15) is 0 Å². The second-order valence-corrected chi connectivity index (χ2v) is 5.65. The van der Waals surface area contributed by atoms with E-state index in [1.54, 1.807) is 6.07 Å². The van der Waals surface area contributed by atoms with Crippen LogP contribution in [0.4, 0.5) is 5.69 Å². The Balaban J connectivity index is 0.00000121. The van der Waals surface area contributed by atoms with Gasteiger partial charge in [-0.25, -0.2) is 0 Å². The van der Waals surface area contributed by atoms with Gasteiger partial charge in [0.15, 0.2) is 0 Å². The van der Waals surface area contributed by atoms with Crippen LogP contribution < -0.4 is 20.3 Å². The third-order valence-electron chi connectivity index (χ3n) is 3.67. The van der Waals surface area contributed by atoms with E-state index in [0.717, 1.165) is 31.1 Å². The molecular formula is C14H20Cl3N3O2. The minimum Gasteiger partial charge on any atom is -0.490 e. The number of rotatable bonds is 4. The third-order valence-corrected chi connectivity index (χ3v) is 3.90. The quantitative estimate of drug-likeness (QED) is 0.850. The standard InChI is InChI=1S/C14H18ClN3O2.2ClH/c15-11-1-2-13-12(5-11)18(3-4-20-13)9-14(19)17-8-10-6-16-7-10;;/h1-2,5,10,16H,3-4,6-9H2,(H,17,19);2*1H. The summed E-state index contributed by atoms with van der Waals surface area (Å²) >= 11 is 6.02. The Hall–Kier alpha value is -0.880. The van der Waals surface area contributed by atoms with Gasteiger partial charge in [-0.3, -0.25) is 4.79 Å². The second-order valence-electron chi connectivity index (χ2n) is 5.21. The van der Waals surface area contributed by atoms with Crippen LogP contribution in [0.5, 0.6) is 5.75 Å². The smallest absolute Gasteiger partial charge is 0.239 e. The van der Waals surface area contributed by atoms with Crippen molar-refractivity contribution in [1.29, 1.82) is 0 Å². The monoisotopic (exact) mass is 367 g/mol. The summed E-state index contributed by atoms with van der Waals surface area (Å²) in [5.41, 5.74) is 0.893. The van der Waals surface area contributed by atoms with Gasteiger partial charge in [-0.05, 0) is 18.2 Å². The topological polar surface area (TPSA) is 53.6 Å². The van der Waals surface area contributed by atoms with Gasteiger partial charge >= 0.3 is 0 Å². The normalized spacial score (nSPS) is 16.3. The van der Waals surface area contributed by atoms with Crippen LogP contribution in [-0.4, -0.2) is 45.2 Å². The number of amides is 1. The zero-order valence-electron chi connectivity index (χ0n) is 12.0. The Kier molecular flexibility index (Phi) is 7.56. The van der Waals surface area contributed by atoms with Crippen LogP contribution in [-0.2, 0) is 4.79 Å². The molecule has 0 atom stereocenters. The number of carbonyl (C=O) groups excluding carboxylic acids is 1. The van der Waals surface area contributed by atoms with Gasteiger partial charge in [0, 0.05) is 30.6 Å². The molecule has 0 radical (unpaired) electrons. The molecule has 1 fully saturated rings. The SMILES string of the molecule is Cl.Cl.O=C(CN1CCOc2ccc(Cl)cc21)NCC1CNC1. The van der Waals surface area contributed by atoms with Crippen molar-refractivity contribution >= 4 is 48.0 Å². The van der Waals surface area contributed by atoms with Gasteiger partial charge < -0.3 is 20.3 Å². The lowest BCUT2D eigenvalue weighted by Crippen LogP contribution is -2.50. The zero-order chi connectivity index (χ0) is 13.9. The molecule has 2 aliphatic heterocycles. The van der Waals surface area contributed by atoms with Gasteiger partial charge in [0.1, 0.15) is 12.4 Å². The molecule has 0 aromatic heterocycles. The molecule has 3 rings (SSSR count). The fourth-order valence-electron chi connectivity index (χ4n) is 2.39. The highest BCUT2D eigenvalue weighted by Crippen LogP contribution is 2.33. The molecule has 0 aliphatic carbocycles. The number of fused-ring (bicyclic) bond motifs is 1. The largest absolute Gasteiger partial charge is 0.490 e. The maximum atomic E-state index is 12.0. The Morgan fingerprint density at radius 3 is 2.86 bits per heavy atom. The van der Waals surface area contributed by atoms with E-state index in [9.17, 15) is 4.79 Å². The minimum absolute atomic E-state index is 0. The number of ether oxygens (including phenoxy) is 1. The molecule has 1 aromatic carbocycles. The number of nitrogens with zero attached hydrogens (tertiary/aromatic N) is 1. The minimum atomic E-state index is 0. The van der Waals surface area contributed by atoms with E-state index in [1.165, 1.54) is 0 Å². The maximum absolute atomic E-state index is 12.0. The van der Waals surface area contributed by atoms with Crippen molar-refractivity contribution in [3.8, 4) is 5.75 Å². The van der Waals surface area contributed by atoms with E-state index >= 15 is 0 Å². The van der Waals surface area contributed by atoms with Crippen molar-refractivity contribution in [2.75, 3.05) is 44.2 Å². The summed E-state index contributed by atoms with van der Waals surface area (Å²) in [7, 11) is 0. The maximum Gasteiger partial charge on any atom is 0.239 e. The van der Waals surface area contributed by atoms with E-state index < -0.39 is 0 Å². The van der Waals surface area contributed by atoms with Crippen LogP contribution in [0.3, 0.4) is 0 Å². The Bertz CT molecular complexity index is 512. The summed E-state index contributed by atoms with van der Waals surface area (Å²) in [5, 5.41) is 6.83. The van der Waals surface area contributed by atoms with E-state index in [0.29, 0.717) is 30.6 Å². The van der Waals surface area contributed by atoms with Crippen molar-refractivity contribution in [1.82, 2.24) is 10.6 Å². The van der Waals surface area contributed by atoms with E-state index in [1.807, 2.05) is 17.0 Å². The molecule has 1 aromatic rings. The highest BCUT2D eigenvalue weighted by molar-refractivity contribution is 6.31. The van der Waals surface area contributed by atoms with Crippen LogP contribution in [0.2, 0.25) is 5.02 Å². The lowest BCUT2D eigenvalue weighted by atomic mass is 10.0. The Labute approximate surface area is 147 Å². The summed E-state index contributed by atoms with van der Waals surface area (Å²) in [6.07, 6.45) is 0. The molecule has 22 heavy (non-hydrogen) atoms. The summed E-state index contributed by atoms with van der Waals surface area (Å²) in [6.45, 7) is 4.38. The van der Waals surface area contributed by atoms with Gasteiger partial charge in [-0.15, -0.1) is 24.8 Å². The van der Waals surface area contributed by atoms with Crippen LogP contribution in [0.25, 0.3) is 0 Å². The predicted molar refractivity (Wildman–Crippen MR) is 93.0 cm³/mol. The van der Waals surface area contributed by atoms with Gasteiger partial charge in [-0.1, -0.05) is 11.6 Å². The number of benzene rings is 1. The lowest BCUT2D eigenvalue weighted by molar-refractivity contribution is -0.120. The van der Waals surface area contributed by atoms with Gasteiger partial charge in [0.25, 0.3) is 0 Å². The van der Waals surface area contributed by atoms with E-state index in [-0.39, 0.29) is 30.7 Å². The number of anilines is 1. The molecule has 0 bridgehead atoms. The van der Waals surface area contributed by atoms with Crippen molar-refractivity contribution in [2.24, 2.45) is 5.92 Å². The first kappa shape index (κ1) is 19.2. The molecule has 5 nitrogen and oxygen atoms in total. The number of carbonyl (C=O) groups is 1. The molecule has 124 valence electrons. The Morgan fingerprint density at radius 2 is 2.18 bits per heavy atom. The average Bonchev–Trinajstić information content (AvgIpc) is 2.37. The van der Waals surface area contributed by atoms with E-state index in [2.05, 4.69) is 10.6 Å². The number of halogens is 3. The second kappa shape index (κ2) is 8.67. The number of hydrogen-bond acceptors (Lipinski definition) is 4. The van der Waals surface area contributed by atoms with Crippen LogP contribution in [0, 0.1) is 5.92 Å².